The Bertz CT molecular complexity index is 811. The van der Waals surface area contributed by atoms with Crippen molar-refractivity contribution in [3.63, 3.8) is 0 Å². The molecule has 3 rings (SSSR count). The summed E-state index contributed by atoms with van der Waals surface area (Å²) < 4.78 is 11.7. The van der Waals surface area contributed by atoms with E-state index in [0.717, 1.165) is 41.4 Å². The quantitative estimate of drug-likeness (QED) is 0.710. The third kappa shape index (κ3) is 4.22. The molecule has 1 aliphatic rings. The number of allylic oxidation sites excluding steroid dienone is 2. The Kier molecular flexibility index (Phi) is 7.55. The lowest BCUT2D eigenvalue weighted by Crippen LogP contribution is -2.25. The molecule has 0 amide bonds. The predicted molar refractivity (Wildman–Crippen MR) is 111 cm³/mol. The molecule has 0 fully saturated rings. The van der Waals surface area contributed by atoms with Gasteiger partial charge in [0.15, 0.2) is 0 Å². The first kappa shape index (κ1) is 20.3. The number of rotatable bonds is 4. The summed E-state index contributed by atoms with van der Waals surface area (Å²) in [7, 11) is 3.20. The van der Waals surface area contributed by atoms with E-state index in [1.54, 1.807) is 7.11 Å². The third-order valence-electron chi connectivity index (χ3n) is 4.54. The van der Waals surface area contributed by atoms with Crippen molar-refractivity contribution < 1.29 is 9.47 Å². The molecule has 2 aromatic rings. The average Bonchev–Trinajstić information content (AvgIpc) is 2.71. The van der Waals surface area contributed by atoms with Gasteiger partial charge in [-0.1, -0.05) is 42.8 Å². The predicted octanol–water partition coefficient (Wildman–Crippen LogP) is 5.60. The molecule has 0 radical (unpaired) electrons. The number of ether oxygens (including phenoxy) is 2. The van der Waals surface area contributed by atoms with Crippen molar-refractivity contribution in [3.8, 4) is 11.5 Å². The molecule has 3 nitrogen and oxygen atoms in total. The molecule has 2 N–H and O–H groups in total. The highest BCUT2D eigenvalue weighted by molar-refractivity contribution is 6.30. The van der Waals surface area contributed by atoms with Crippen LogP contribution in [0.2, 0.25) is 0 Å². The molecular formula is C22H28ClNO2. The zero-order valence-corrected chi connectivity index (χ0v) is 16.8. The van der Waals surface area contributed by atoms with Gasteiger partial charge in [-0.15, -0.1) is 0 Å². The molecule has 0 saturated carbocycles. The van der Waals surface area contributed by atoms with Gasteiger partial charge in [-0.05, 0) is 62.2 Å². The van der Waals surface area contributed by atoms with Crippen LogP contribution in [-0.2, 0) is 6.42 Å². The topological polar surface area (TPSA) is 44.5 Å². The van der Waals surface area contributed by atoms with Crippen molar-refractivity contribution in [1.29, 1.82) is 0 Å². The zero-order valence-electron chi connectivity index (χ0n) is 16.0. The summed E-state index contributed by atoms with van der Waals surface area (Å²) in [6.45, 7) is 4.08. The second-order valence-electron chi connectivity index (χ2n) is 5.99. The van der Waals surface area contributed by atoms with E-state index in [0.29, 0.717) is 0 Å². The first-order valence-electron chi connectivity index (χ1n) is 9.03. The molecule has 26 heavy (non-hydrogen) atoms. The van der Waals surface area contributed by atoms with Crippen LogP contribution >= 0.6 is 11.6 Å². The minimum atomic E-state index is 0.0178. The van der Waals surface area contributed by atoms with Gasteiger partial charge in [0.1, 0.15) is 17.6 Å². The molecule has 0 aliphatic carbocycles. The number of nitrogens with two attached hydrogens (primary N) is 1. The highest BCUT2D eigenvalue weighted by Crippen LogP contribution is 2.38. The Morgan fingerprint density at radius 3 is 2.69 bits per heavy atom. The smallest absolute Gasteiger partial charge is 0.125 e. The SMILES string of the molecule is C/C=C\C(=C(\Cl)CC)C1CCc2c(ccc3ccc(OC)cc23)O1.CN. The highest BCUT2D eigenvalue weighted by atomic mass is 35.5. The molecule has 4 heteroatoms. The fourth-order valence-corrected chi connectivity index (χ4v) is 3.48. The molecular weight excluding hydrogens is 346 g/mol. The molecule has 1 heterocycles. The molecule has 1 atom stereocenters. The maximum atomic E-state index is 6.44. The van der Waals surface area contributed by atoms with Gasteiger partial charge < -0.3 is 15.2 Å². The van der Waals surface area contributed by atoms with E-state index in [4.69, 9.17) is 21.1 Å². The van der Waals surface area contributed by atoms with Crippen LogP contribution in [-0.4, -0.2) is 20.3 Å². The summed E-state index contributed by atoms with van der Waals surface area (Å²) in [5, 5.41) is 3.31. The summed E-state index contributed by atoms with van der Waals surface area (Å²) in [4.78, 5) is 0. The molecule has 1 unspecified atom stereocenters. The van der Waals surface area contributed by atoms with E-state index in [2.05, 4.69) is 43.0 Å². The van der Waals surface area contributed by atoms with Gasteiger partial charge in [-0.3, -0.25) is 0 Å². The second kappa shape index (κ2) is 9.65. The van der Waals surface area contributed by atoms with E-state index >= 15 is 0 Å². The lowest BCUT2D eigenvalue weighted by molar-refractivity contribution is 0.211. The number of aryl methyl sites for hydroxylation is 1. The Labute approximate surface area is 161 Å². The summed E-state index contributed by atoms with van der Waals surface area (Å²) in [5.74, 6) is 1.83. The van der Waals surface area contributed by atoms with E-state index < -0.39 is 0 Å². The fourth-order valence-electron chi connectivity index (χ4n) is 3.30. The monoisotopic (exact) mass is 373 g/mol. The number of benzene rings is 2. The van der Waals surface area contributed by atoms with Gasteiger partial charge in [0, 0.05) is 16.2 Å². The van der Waals surface area contributed by atoms with Gasteiger partial charge in [0.2, 0.25) is 0 Å². The minimum Gasteiger partial charge on any atom is -0.497 e. The van der Waals surface area contributed by atoms with Gasteiger partial charge in [-0.25, -0.2) is 0 Å². The van der Waals surface area contributed by atoms with Crippen molar-refractivity contribution in [2.75, 3.05) is 14.2 Å². The average molecular weight is 374 g/mol. The first-order chi connectivity index (χ1) is 12.7. The first-order valence-corrected chi connectivity index (χ1v) is 9.41. The molecule has 0 spiro atoms. The van der Waals surface area contributed by atoms with Crippen molar-refractivity contribution in [1.82, 2.24) is 0 Å². The maximum Gasteiger partial charge on any atom is 0.125 e. The number of hydrogen-bond acceptors (Lipinski definition) is 3. The van der Waals surface area contributed by atoms with E-state index in [1.165, 1.54) is 23.4 Å². The van der Waals surface area contributed by atoms with Crippen LogP contribution in [0.4, 0.5) is 0 Å². The third-order valence-corrected chi connectivity index (χ3v) is 5.03. The van der Waals surface area contributed by atoms with Crippen LogP contribution in [0.25, 0.3) is 10.8 Å². The summed E-state index contributed by atoms with van der Waals surface area (Å²) in [6.07, 6.45) is 6.84. The molecule has 140 valence electrons. The minimum absolute atomic E-state index is 0.0178. The summed E-state index contributed by atoms with van der Waals surface area (Å²) in [6, 6.07) is 10.4. The molecule has 0 bridgehead atoms. The van der Waals surface area contributed by atoms with Gasteiger partial charge >= 0.3 is 0 Å². The van der Waals surface area contributed by atoms with Crippen LogP contribution in [0.1, 0.15) is 32.3 Å². The lowest BCUT2D eigenvalue weighted by atomic mass is 9.92. The normalized spacial score (nSPS) is 17.1. The van der Waals surface area contributed by atoms with Crippen molar-refractivity contribution in [2.24, 2.45) is 5.73 Å². The van der Waals surface area contributed by atoms with E-state index in [-0.39, 0.29) is 6.10 Å². The number of fused-ring (bicyclic) bond motifs is 3. The van der Waals surface area contributed by atoms with E-state index in [9.17, 15) is 0 Å². The Morgan fingerprint density at radius 2 is 2.04 bits per heavy atom. The van der Waals surface area contributed by atoms with Gasteiger partial charge in [-0.2, -0.15) is 0 Å². The van der Waals surface area contributed by atoms with Crippen molar-refractivity contribution >= 4 is 22.4 Å². The molecule has 0 saturated heterocycles. The van der Waals surface area contributed by atoms with Crippen LogP contribution in [0.15, 0.2) is 53.1 Å². The highest BCUT2D eigenvalue weighted by Gasteiger charge is 2.25. The van der Waals surface area contributed by atoms with Crippen LogP contribution < -0.4 is 15.2 Å². The lowest BCUT2D eigenvalue weighted by Gasteiger charge is -2.28. The van der Waals surface area contributed by atoms with E-state index in [1.807, 2.05) is 19.1 Å². The fraction of sp³-hybridized carbons (Fsp3) is 0.364. The molecule has 2 aromatic carbocycles. The van der Waals surface area contributed by atoms with Crippen LogP contribution in [0.5, 0.6) is 11.5 Å². The molecule has 1 aliphatic heterocycles. The Balaban J connectivity index is 0.00000117. The summed E-state index contributed by atoms with van der Waals surface area (Å²) in [5.41, 5.74) is 6.85. The second-order valence-corrected chi connectivity index (χ2v) is 6.44. The van der Waals surface area contributed by atoms with Crippen LogP contribution in [0.3, 0.4) is 0 Å². The van der Waals surface area contributed by atoms with Gasteiger partial charge in [0.25, 0.3) is 0 Å². The Morgan fingerprint density at radius 1 is 1.31 bits per heavy atom. The van der Waals surface area contributed by atoms with Crippen molar-refractivity contribution in [3.05, 3.63) is 58.7 Å². The summed E-state index contributed by atoms with van der Waals surface area (Å²) >= 11 is 6.44. The van der Waals surface area contributed by atoms with Crippen LogP contribution in [0, 0.1) is 0 Å². The zero-order chi connectivity index (χ0) is 19.1. The number of methoxy groups -OCH3 is 1. The maximum absolute atomic E-state index is 6.44. The van der Waals surface area contributed by atoms with Gasteiger partial charge in [0.05, 0.1) is 7.11 Å². The largest absolute Gasteiger partial charge is 0.497 e. The number of hydrogen-bond donors (Lipinski definition) is 1. The Hall–Kier alpha value is -1.97. The standard InChI is InChI=1S/C21H23ClO2.CH5N/c1-4-6-17(19(22)5-2)21-12-10-16-18-13-15(23-3)9-7-14(18)8-11-20(16)24-21;1-2/h4,6-9,11,13,21H,5,10,12H2,1-3H3;2H2,1H3/b6-4-,19-17-;. The number of halogens is 1. The van der Waals surface area contributed by atoms with Crippen molar-refractivity contribution in [2.45, 2.75) is 39.2 Å². The molecule has 0 aromatic heterocycles.